The van der Waals surface area contributed by atoms with E-state index in [1.54, 1.807) is 0 Å². The van der Waals surface area contributed by atoms with Crippen LogP contribution in [0.3, 0.4) is 0 Å². The molecule has 1 nitrogen and oxygen atoms in total. The normalized spacial score (nSPS) is 31.6. The molecule has 1 atom stereocenters. The van der Waals surface area contributed by atoms with Crippen LogP contribution in [0.5, 0.6) is 0 Å². The Morgan fingerprint density at radius 2 is 1.53 bits per heavy atom. The van der Waals surface area contributed by atoms with Crippen molar-refractivity contribution in [3.8, 4) is 0 Å². The summed E-state index contributed by atoms with van der Waals surface area (Å²) in [4.78, 5) is 11.0. The second-order valence-corrected chi connectivity index (χ2v) is 3.86. The smallest absolute Gasteiger partial charge is 0.287 e. The molecule has 7 heteroatoms. The van der Waals surface area contributed by atoms with E-state index in [0.29, 0.717) is 13.8 Å². The van der Waals surface area contributed by atoms with Crippen LogP contribution >= 0.6 is 0 Å². The first-order valence-corrected chi connectivity index (χ1v) is 4.44. The van der Waals surface area contributed by atoms with Gasteiger partial charge in [0.2, 0.25) is 5.78 Å². The zero-order chi connectivity index (χ0) is 13.8. The number of alkyl halides is 5. The van der Waals surface area contributed by atoms with Gasteiger partial charge in [-0.2, -0.15) is 17.6 Å². The Hall–Kier alpha value is -1.27. The van der Waals surface area contributed by atoms with Crippen molar-refractivity contribution < 1.29 is 31.1 Å². The second kappa shape index (κ2) is 3.36. The predicted octanol–water partition coefficient (Wildman–Crippen LogP) is 3.37. The van der Waals surface area contributed by atoms with E-state index in [2.05, 4.69) is 6.58 Å². The minimum absolute atomic E-state index is 0.456. The lowest BCUT2D eigenvalue weighted by atomic mass is 9.75. The number of carbonyl (C=O) groups excluding carboxylic acids is 1. The Labute approximate surface area is 92.8 Å². The molecule has 0 aliphatic heterocycles. The maximum absolute atomic E-state index is 13.8. The summed E-state index contributed by atoms with van der Waals surface area (Å²) in [6.07, 6.45) is 0. The summed E-state index contributed by atoms with van der Waals surface area (Å²) in [6, 6.07) is 0. The van der Waals surface area contributed by atoms with E-state index < -0.39 is 40.3 Å². The first-order chi connectivity index (χ1) is 7.42. The molecular weight excluding hydrogens is 250 g/mol. The van der Waals surface area contributed by atoms with Gasteiger partial charge in [-0.25, -0.2) is 8.78 Å². The molecular formula is C10H8F6O. The number of rotatable bonds is 1. The Morgan fingerprint density at radius 3 is 1.88 bits per heavy atom. The summed E-state index contributed by atoms with van der Waals surface area (Å²) in [6.45, 7) is 3.66. The lowest BCUT2D eigenvalue weighted by molar-refractivity contribution is -0.221. The van der Waals surface area contributed by atoms with Gasteiger partial charge < -0.3 is 0 Å². The average Bonchev–Trinajstić information content (AvgIpc) is 2.22. The van der Waals surface area contributed by atoms with Gasteiger partial charge in [0.1, 0.15) is 0 Å². The fourth-order valence-corrected chi connectivity index (χ4v) is 1.61. The summed E-state index contributed by atoms with van der Waals surface area (Å²) in [5, 5.41) is 0. The minimum atomic E-state index is -5.12. The van der Waals surface area contributed by atoms with E-state index in [1.807, 2.05) is 0 Å². The number of Topliss-reactive ketones (excluding diaryl/α,β-unsaturated/α-hetero) is 1. The molecule has 0 spiro atoms. The van der Waals surface area contributed by atoms with E-state index >= 15 is 0 Å². The highest BCUT2D eigenvalue weighted by Gasteiger charge is 2.78. The summed E-state index contributed by atoms with van der Waals surface area (Å²) in [5.74, 6) is -15.0. The van der Waals surface area contributed by atoms with Crippen molar-refractivity contribution in [2.45, 2.75) is 31.4 Å². The van der Waals surface area contributed by atoms with E-state index in [1.165, 1.54) is 0 Å². The number of allylic oxidation sites excluding steroid dienone is 3. The molecule has 0 bridgehead atoms. The van der Waals surface area contributed by atoms with Crippen molar-refractivity contribution in [1.82, 2.24) is 0 Å². The molecule has 0 radical (unpaired) electrons. The van der Waals surface area contributed by atoms with Crippen molar-refractivity contribution in [3.63, 3.8) is 0 Å². The fourth-order valence-electron chi connectivity index (χ4n) is 1.61. The first kappa shape index (κ1) is 13.8. The first-order valence-electron chi connectivity index (χ1n) is 4.44. The molecule has 0 heterocycles. The van der Waals surface area contributed by atoms with Gasteiger partial charge in [-0.3, -0.25) is 4.79 Å². The Kier molecular flexibility index (Phi) is 2.73. The number of carbonyl (C=O) groups is 1. The van der Waals surface area contributed by atoms with Crippen LogP contribution < -0.4 is 0 Å². The monoisotopic (exact) mass is 258 g/mol. The fraction of sp³-hybridized carbons (Fsp3) is 0.500. The third-order valence-electron chi connectivity index (χ3n) is 2.68. The van der Waals surface area contributed by atoms with Crippen LogP contribution in [0.1, 0.15) is 13.8 Å². The molecule has 17 heavy (non-hydrogen) atoms. The quantitative estimate of drug-likeness (QED) is 0.520. The van der Waals surface area contributed by atoms with Crippen molar-refractivity contribution >= 4 is 5.78 Å². The standard InChI is InChI=1S/C10H8F6O/c1-4(2)8(12)9(13,14)6(11)5(3)7(17)10(8,15)16/h1H2,2-3H3. The summed E-state index contributed by atoms with van der Waals surface area (Å²) >= 11 is 0. The molecule has 0 aromatic rings. The molecule has 0 aromatic heterocycles. The number of ketones is 1. The van der Waals surface area contributed by atoms with E-state index in [4.69, 9.17) is 0 Å². The van der Waals surface area contributed by atoms with E-state index in [0.717, 1.165) is 0 Å². The molecule has 0 aromatic carbocycles. The van der Waals surface area contributed by atoms with Crippen LogP contribution in [0.25, 0.3) is 0 Å². The van der Waals surface area contributed by atoms with Gasteiger partial charge in [-0.05, 0) is 19.4 Å². The van der Waals surface area contributed by atoms with Gasteiger partial charge in [-0.1, -0.05) is 6.58 Å². The molecule has 0 saturated heterocycles. The van der Waals surface area contributed by atoms with Gasteiger partial charge in [-0.15, -0.1) is 0 Å². The SMILES string of the molecule is C=C(C)C1(F)C(F)(F)C(=O)C(C)=C(F)C1(F)F. The zero-order valence-corrected chi connectivity index (χ0v) is 8.88. The van der Waals surface area contributed by atoms with Gasteiger partial charge in [0.05, 0.1) is 0 Å². The lowest BCUT2D eigenvalue weighted by Gasteiger charge is -2.41. The molecule has 1 unspecified atom stereocenters. The van der Waals surface area contributed by atoms with Crippen LogP contribution in [0.4, 0.5) is 26.3 Å². The Balaban J connectivity index is 3.72. The highest BCUT2D eigenvalue weighted by Crippen LogP contribution is 2.56. The van der Waals surface area contributed by atoms with Gasteiger partial charge in [0, 0.05) is 5.57 Å². The largest absolute Gasteiger partial charge is 0.353 e. The zero-order valence-electron chi connectivity index (χ0n) is 8.88. The Bertz CT molecular complexity index is 436. The summed E-state index contributed by atoms with van der Waals surface area (Å²) in [7, 11) is 0. The van der Waals surface area contributed by atoms with Crippen LogP contribution in [0, 0.1) is 0 Å². The Morgan fingerprint density at radius 1 is 1.12 bits per heavy atom. The molecule has 0 amide bonds. The van der Waals surface area contributed by atoms with Crippen molar-refractivity contribution in [1.29, 1.82) is 0 Å². The molecule has 1 rings (SSSR count). The van der Waals surface area contributed by atoms with Gasteiger partial charge >= 0.3 is 11.8 Å². The van der Waals surface area contributed by atoms with Crippen LogP contribution in [0.2, 0.25) is 0 Å². The molecule has 0 N–H and O–H groups in total. The third kappa shape index (κ3) is 1.31. The third-order valence-corrected chi connectivity index (χ3v) is 2.68. The highest BCUT2D eigenvalue weighted by molar-refractivity contribution is 6.03. The molecule has 1 aliphatic rings. The van der Waals surface area contributed by atoms with Gasteiger partial charge in [0.25, 0.3) is 5.67 Å². The molecule has 0 fully saturated rings. The minimum Gasteiger partial charge on any atom is -0.287 e. The second-order valence-electron chi connectivity index (χ2n) is 3.86. The number of hydrogen-bond donors (Lipinski definition) is 0. The van der Waals surface area contributed by atoms with Crippen LogP contribution in [-0.2, 0) is 4.79 Å². The molecule has 1 aliphatic carbocycles. The maximum atomic E-state index is 13.8. The highest BCUT2D eigenvalue weighted by atomic mass is 19.3. The summed E-state index contributed by atoms with van der Waals surface area (Å²) in [5.41, 5.74) is -7.54. The molecule has 0 saturated carbocycles. The lowest BCUT2D eigenvalue weighted by Crippen LogP contribution is -2.64. The van der Waals surface area contributed by atoms with Crippen LogP contribution in [0.15, 0.2) is 23.6 Å². The topological polar surface area (TPSA) is 17.1 Å². The van der Waals surface area contributed by atoms with Crippen molar-refractivity contribution in [2.75, 3.05) is 0 Å². The van der Waals surface area contributed by atoms with Gasteiger partial charge in [0.15, 0.2) is 5.83 Å². The predicted molar refractivity (Wildman–Crippen MR) is 47.4 cm³/mol. The van der Waals surface area contributed by atoms with Crippen molar-refractivity contribution in [3.05, 3.63) is 23.6 Å². The number of hydrogen-bond acceptors (Lipinski definition) is 1. The van der Waals surface area contributed by atoms with Crippen LogP contribution in [-0.4, -0.2) is 23.3 Å². The maximum Gasteiger partial charge on any atom is 0.353 e. The molecule has 96 valence electrons. The summed E-state index contributed by atoms with van der Waals surface area (Å²) < 4.78 is 80.3. The number of halogens is 6. The van der Waals surface area contributed by atoms with E-state index in [9.17, 15) is 31.1 Å². The van der Waals surface area contributed by atoms with Crippen molar-refractivity contribution in [2.24, 2.45) is 0 Å². The van der Waals surface area contributed by atoms with E-state index in [-0.39, 0.29) is 0 Å². The average molecular weight is 258 g/mol.